The van der Waals surface area contributed by atoms with Crippen molar-refractivity contribution < 1.29 is 49.8 Å². The number of nitrogens with zero attached hydrogens (tertiary/aromatic N) is 2. The van der Waals surface area contributed by atoms with Gasteiger partial charge in [-0.15, -0.1) is 13.2 Å². The van der Waals surface area contributed by atoms with Crippen LogP contribution in [0.1, 0.15) is 22.7 Å². The number of ether oxygens (including phenoxy) is 2. The van der Waals surface area contributed by atoms with Crippen molar-refractivity contribution >= 4 is 23.3 Å². The third-order valence-electron chi connectivity index (χ3n) is 5.66. The predicted molar refractivity (Wildman–Crippen MR) is 120 cm³/mol. The minimum atomic E-state index is -5.17. The number of benzene rings is 2. The van der Waals surface area contributed by atoms with Crippen LogP contribution < -0.4 is 15.0 Å². The number of alkyl halides is 6. The molecule has 0 spiro atoms. The number of anilines is 2. The standard InChI is InChI=1S/C24H19F6N3O5/c1-36-22(35)13-10-11-33(12-13)15-8-6-14(7-9-15)31-20(34)18-19(23(25,26)27)37-21(32-18)16-4-2-3-5-17(16)38-24(28,29)30/h2-9,13H,10-12H2,1H3,(H,31,34). The maximum absolute atomic E-state index is 13.6. The van der Waals surface area contributed by atoms with Crippen LogP contribution in [0.25, 0.3) is 11.5 Å². The minimum Gasteiger partial charge on any atom is -0.469 e. The van der Waals surface area contributed by atoms with Gasteiger partial charge in [0.15, 0.2) is 5.69 Å². The number of para-hydroxylation sites is 1. The number of esters is 1. The zero-order valence-electron chi connectivity index (χ0n) is 19.5. The monoisotopic (exact) mass is 543 g/mol. The zero-order chi connectivity index (χ0) is 27.7. The Kier molecular flexibility index (Phi) is 7.24. The topological polar surface area (TPSA) is 93.9 Å². The molecule has 0 aliphatic carbocycles. The predicted octanol–water partition coefficient (Wildman–Crippen LogP) is 5.51. The molecule has 1 aliphatic rings. The van der Waals surface area contributed by atoms with Crippen molar-refractivity contribution in [3.8, 4) is 17.2 Å². The molecule has 1 N–H and O–H groups in total. The lowest BCUT2D eigenvalue weighted by atomic mass is 10.1. The largest absolute Gasteiger partial charge is 0.573 e. The van der Waals surface area contributed by atoms with Gasteiger partial charge in [-0.25, -0.2) is 4.98 Å². The SMILES string of the molecule is COC(=O)C1CCN(c2ccc(NC(=O)c3nc(-c4ccccc4OC(F)(F)F)oc3C(F)(F)F)cc2)C1. The molecule has 3 aromatic rings. The van der Waals surface area contributed by atoms with E-state index in [0.29, 0.717) is 19.5 Å². The van der Waals surface area contributed by atoms with Gasteiger partial charge in [0.25, 0.3) is 5.91 Å². The molecule has 1 aliphatic heterocycles. The first-order valence-electron chi connectivity index (χ1n) is 11.0. The Labute approximate surface area is 211 Å². The van der Waals surface area contributed by atoms with Gasteiger partial charge in [0.2, 0.25) is 11.7 Å². The molecule has 0 bridgehead atoms. The molecular formula is C24H19F6N3O5. The molecule has 0 radical (unpaired) electrons. The molecule has 8 nitrogen and oxygen atoms in total. The molecule has 2 heterocycles. The van der Waals surface area contributed by atoms with Crippen molar-refractivity contribution in [2.75, 3.05) is 30.4 Å². The normalized spacial score (nSPS) is 15.9. The van der Waals surface area contributed by atoms with Gasteiger partial charge in [-0.05, 0) is 42.8 Å². The Balaban J connectivity index is 1.56. The lowest BCUT2D eigenvalue weighted by Gasteiger charge is -2.18. The number of amides is 1. The molecule has 1 fully saturated rings. The van der Waals surface area contributed by atoms with Gasteiger partial charge in [0.05, 0.1) is 18.6 Å². The minimum absolute atomic E-state index is 0.126. The molecule has 1 saturated heterocycles. The molecular weight excluding hydrogens is 524 g/mol. The number of rotatable bonds is 6. The first kappa shape index (κ1) is 26.8. The molecule has 2 aromatic carbocycles. The number of hydrogen-bond acceptors (Lipinski definition) is 7. The quantitative estimate of drug-likeness (QED) is 0.324. The van der Waals surface area contributed by atoms with E-state index in [9.17, 15) is 35.9 Å². The summed E-state index contributed by atoms with van der Waals surface area (Å²) in [5.74, 6) is -5.42. The van der Waals surface area contributed by atoms with Crippen LogP contribution >= 0.6 is 0 Å². The number of methoxy groups -OCH3 is 1. The Morgan fingerprint density at radius 2 is 1.74 bits per heavy atom. The van der Waals surface area contributed by atoms with E-state index in [4.69, 9.17) is 9.15 Å². The van der Waals surface area contributed by atoms with Gasteiger partial charge in [-0.1, -0.05) is 12.1 Å². The Bertz CT molecular complexity index is 1320. The van der Waals surface area contributed by atoms with Gasteiger partial charge < -0.3 is 24.1 Å². The van der Waals surface area contributed by atoms with E-state index in [1.54, 1.807) is 12.1 Å². The van der Waals surface area contributed by atoms with Crippen LogP contribution in [-0.2, 0) is 15.7 Å². The van der Waals surface area contributed by atoms with E-state index in [1.165, 1.54) is 31.4 Å². The van der Waals surface area contributed by atoms with E-state index in [2.05, 4.69) is 15.0 Å². The van der Waals surface area contributed by atoms with Crippen LogP contribution in [0.5, 0.6) is 5.75 Å². The zero-order valence-corrected chi connectivity index (χ0v) is 19.5. The average Bonchev–Trinajstić information content (AvgIpc) is 3.52. The van der Waals surface area contributed by atoms with Crippen molar-refractivity contribution in [3.63, 3.8) is 0 Å². The van der Waals surface area contributed by atoms with Gasteiger partial charge in [-0.2, -0.15) is 13.2 Å². The Hall–Kier alpha value is -4.23. The van der Waals surface area contributed by atoms with E-state index in [-0.39, 0.29) is 17.6 Å². The number of carbonyl (C=O) groups excluding carboxylic acids is 2. The highest BCUT2D eigenvalue weighted by atomic mass is 19.4. The van der Waals surface area contributed by atoms with Crippen LogP contribution in [0.2, 0.25) is 0 Å². The van der Waals surface area contributed by atoms with Crippen molar-refractivity contribution in [2.45, 2.75) is 19.0 Å². The Morgan fingerprint density at radius 3 is 2.37 bits per heavy atom. The summed E-state index contributed by atoms with van der Waals surface area (Å²) < 4.78 is 92.4. The van der Waals surface area contributed by atoms with Crippen molar-refractivity contribution in [3.05, 3.63) is 60.0 Å². The molecule has 0 saturated carbocycles. The first-order chi connectivity index (χ1) is 17.9. The van der Waals surface area contributed by atoms with Crippen LogP contribution in [-0.4, -0.2) is 43.4 Å². The fourth-order valence-electron chi connectivity index (χ4n) is 3.94. The van der Waals surface area contributed by atoms with Crippen LogP contribution in [0.15, 0.2) is 52.9 Å². The fraction of sp³-hybridized carbons (Fsp3) is 0.292. The lowest BCUT2D eigenvalue weighted by molar-refractivity contribution is -0.274. The average molecular weight is 543 g/mol. The van der Waals surface area contributed by atoms with E-state index in [1.807, 2.05) is 4.90 Å². The summed E-state index contributed by atoms with van der Waals surface area (Å²) in [6.07, 6.45) is -9.71. The fourth-order valence-corrected chi connectivity index (χ4v) is 3.94. The molecule has 202 valence electrons. The second-order valence-electron chi connectivity index (χ2n) is 8.19. The summed E-state index contributed by atoms with van der Waals surface area (Å²) in [5, 5.41) is 2.28. The van der Waals surface area contributed by atoms with E-state index in [0.717, 1.165) is 17.8 Å². The van der Waals surface area contributed by atoms with Crippen molar-refractivity contribution in [2.24, 2.45) is 5.92 Å². The Morgan fingerprint density at radius 1 is 1.05 bits per heavy atom. The molecule has 1 amide bonds. The third kappa shape index (κ3) is 6.01. The summed E-state index contributed by atoms with van der Waals surface area (Å²) in [7, 11) is 1.31. The van der Waals surface area contributed by atoms with E-state index >= 15 is 0 Å². The molecule has 1 aromatic heterocycles. The molecule has 4 rings (SSSR count). The highest BCUT2D eigenvalue weighted by molar-refractivity contribution is 6.04. The maximum atomic E-state index is 13.6. The lowest BCUT2D eigenvalue weighted by Crippen LogP contribution is -2.23. The molecule has 1 atom stereocenters. The number of aromatic nitrogens is 1. The summed E-state index contributed by atoms with van der Waals surface area (Å²) in [6, 6.07) is 10.4. The number of oxazole rings is 1. The molecule has 38 heavy (non-hydrogen) atoms. The van der Waals surface area contributed by atoms with Gasteiger partial charge in [-0.3, -0.25) is 9.59 Å². The molecule has 1 unspecified atom stereocenters. The van der Waals surface area contributed by atoms with Crippen LogP contribution in [0.3, 0.4) is 0 Å². The third-order valence-corrected chi connectivity index (χ3v) is 5.66. The number of carbonyl (C=O) groups is 2. The highest BCUT2D eigenvalue weighted by Gasteiger charge is 2.42. The summed E-state index contributed by atoms with van der Waals surface area (Å²) >= 11 is 0. The molecule has 14 heteroatoms. The highest BCUT2D eigenvalue weighted by Crippen LogP contribution is 2.39. The van der Waals surface area contributed by atoms with Crippen molar-refractivity contribution in [1.82, 2.24) is 4.98 Å². The van der Waals surface area contributed by atoms with Gasteiger partial charge in [0.1, 0.15) is 5.75 Å². The van der Waals surface area contributed by atoms with Crippen LogP contribution in [0, 0.1) is 5.92 Å². The number of hydrogen-bond donors (Lipinski definition) is 1. The second kappa shape index (κ2) is 10.3. The first-order valence-corrected chi connectivity index (χ1v) is 11.0. The number of halogens is 6. The summed E-state index contributed by atoms with van der Waals surface area (Å²) in [5.41, 5.74) is -0.857. The summed E-state index contributed by atoms with van der Waals surface area (Å²) in [4.78, 5) is 29.9. The summed E-state index contributed by atoms with van der Waals surface area (Å²) in [6.45, 7) is 1.01. The van der Waals surface area contributed by atoms with Gasteiger partial charge in [0, 0.05) is 24.5 Å². The van der Waals surface area contributed by atoms with Crippen molar-refractivity contribution in [1.29, 1.82) is 0 Å². The van der Waals surface area contributed by atoms with Crippen LogP contribution in [0.4, 0.5) is 37.7 Å². The second-order valence-corrected chi connectivity index (χ2v) is 8.19. The van der Waals surface area contributed by atoms with E-state index < -0.39 is 47.1 Å². The number of nitrogens with one attached hydrogen (secondary N) is 1. The maximum Gasteiger partial charge on any atom is 0.573 e. The smallest absolute Gasteiger partial charge is 0.469 e. The van der Waals surface area contributed by atoms with Gasteiger partial charge >= 0.3 is 18.5 Å².